The standard InChI is InChI=1S/C14H14N4.C2H6/c15-10-11-9-14(18-7-5-16-6-8-18)12-3-1-2-4-13(12)17-11;1-2/h1-4,9,16H,5-8H2;1-2H3. The van der Waals surface area contributed by atoms with Crippen molar-refractivity contribution in [3.8, 4) is 6.07 Å². The van der Waals surface area contributed by atoms with Crippen molar-refractivity contribution in [1.29, 1.82) is 5.26 Å². The number of nitrogens with one attached hydrogen (secondary N) is 1. The van der Waals surface area contributed by atoms with Gasteiger partial charge in [0.1, 0.15) is 11.8 Å². The Balaban J connectivity index is 0.000000704. The molecule has 2 heterocycles. The first kappa shape index (κ1) is 14.3. The van der Waals surface area contributed by atoms with Gasteiger partial charge < -0.3 is 10.2 Å². The summed E-state index contributed by atoms with van der Waals surface area (Å²) < 4.78 is 0. The van der Waals surface area contributed by atoms with E-state index in [0.29, 0.717) is 5.69 Å². The first-order valence-corrected chi connectivity index (χ1v) is 7.14. The Morgan fingerprint density at radius 1 is 1.20 bits per heavy atom. The number of benzene rings is 1. The Kier molecular flexibility index (Phi) is 4.91. The number of para-hydroxylation sites is 1. The third-order valence-electron chi connectivity index (χ3n) is 3.27. The van der Waals surface area contributed by atoms with Crippen LogP contribution in [0, 0.1) is 11.3 Å². The number of hydrogen-bond acceptors (Lipinski definition) is 4. The molecule has 0 bridgehead atoms. The van der Waals surface area contributed by atoms with E-state index in [-0.39, 0.29) is 0 Å². The van der Waals surface area contributed by atoms with Gasteiger partial charge in [0, 0.05) is 37.3 Å². The minimum absolute atomic E-state index is 0.488. The second kappa shape index (κ2) is 6.88. The molecule has 1 aromatic carbocycles. The maximum atomic E-state index is 9.08. The van der Waals surface area contributed by atoms with Crippen molar-refractivity contribution >= 4 is 16.6 Å². The summed E-state index contributed by atoms with van der Waals surface area (Å²) in [6.45, 7) is 7.91. The van der Waals surface area contributed by atoms with Crippen LogP contribution in [0.5, 0.6) is 0 Å². The summed E-state index contributed by atoms with van der Waals surface area (Å²) in [5, 5.41) is 13.5. The van der Waals surface area contributed by atoms with Gasteiger partial charge in [0.25, 0.3) is 0 Å². The predicted octanol–water partition coefficient (Wildman–Crippen LogP) is 2.54. The average molecular weight is 268 g/mol. The molecule has 2 aromatic rings. The quantitative estimate of drug-likeness (QED) is 0.863. The molecule has 1 aliphatic heterocycles. The second-order valence-corrected chi connectivity index (χ2v) is 4.39. The van der Waals surface area contributed by atoms with Crippen molar-refractivity contribution in [2.24, 2.45) is 0 Å². The lowest BCUT2D eigenvalue weighted by atomic mass is 10.1. The SMILES string of the molecule is CC.N#Cc1cc(N2CCNCC2)c2ccccc2n1. The fourth-order valence-corrected chi connectivity index (χ4v) is 2.38. The number of pyridine rings is 1. The number of anilines is 1. The summed E-state index contributed by atoms with van der Waals surface area (Å²) in [5.41, 5.74) is 2.51. The number of nitrogens with zero attached hydrogens (tertiary/aromatic N) is 3. The lowest BCUT2D eigenvalue weighted by Crippen LogP contribution is -2.43. The van der Waals surface area contributed by atoms with Gasteiger partial charge in [-0.15, -0.1) is 0 Å². The van der Waals surface area contributed by atoms with E-state index in [4.69, 9.17) is 5.26 Å². The molecule has 0 saturated carbocycles. The number of hydrogen-bond donors (Lipinski definition) is 1. The summed E-state index contributed by atoms with van der Waals surface area (Å²) in [5.74, 6) is 0. The van der Waals surface area contributed by atoms with E-state index in [1.54, 1.807) is 0 Å². The largest absolute Gasteiger partial charge is 0.368 e. The summed E-state index contributed by atoms with van der Waals surface area (Å²) in [6.07, 6.45) is 0. The maximum absolute atomic E-state index is 9.08. The van der Waals surface area contributed by atoms with Crippen LogP contribution in [0.4, 0.5) is 5.69 Å². The van der Waals surface area contributed by atoms with Gasteiger partial charge in [0.05, 0.1) is 5.52 Å². The van der Waals surface area contributed by atoms with Gasteiger partial charge in [-0.05, 0) is 12.1 Å². The van der Waals surface area contributed by atoms with Crippen molar-refractivity contribution in [2.75, 3.05) is 31.1 Å². The van der Waals surface area contributed by atoms with Gasteiger partial charge >= 0.3 is 0 Å². The molecule has 0 unspecified atom stereocenters. The maximum Gasteiger partial charge on any atom is 0.143 e. The Morgan fingerprint density at radius 3 is 2.60 bits per heavy atom. The zero-order valence-electron chi connectivity index (χ0n) is 12.1. The molecule has 1 fully saturated rings. The Bertz CT molecular complexity index is 609. The van der Waals surface area contributed by atoms with Crippen LogP contribution in [-0.4, -0.2) is 31.2 Å². The molecular formula is C16H20N4. The molecule has 104 valence electrons. The number of piperazine rings is 1. The first-order valence-electron chi connectivity index (χ1n) is 7.14. The fraction of sp³-hybridized carbons (Fsp3) is 0.375. The van der Waals surface area contributed by atoms with Crippen LogP contribution < -0.4 is 10.2 Å². The third kappa shape index (κ3) is 2.89. The molecule has 4 heteroatoms. The monoisotopic (exact) mass is 268 g/mol. The van der Waals surface area contributed by atoms with Crippen LogP contribution >= 0.6 is 0 Å². The molecule has 0 atom stereocenters. The van der Waals surface area contributed by atoms with Gasteiger partial charge in [0.15, 0.2) is 0 Å². The number of aromatic nitrogens is 1. The van der Waals surface area contributed by atoms with Crippen LogP contribution in [-0.2, 0) is 0 Å². The van der Waals surface area contributed by atoms with Crippen LogP contribution in [0.3, 0.4) is 0 Å². The Hall–Kier alpha value is -2.12. The number of rotatable bonds is 1. The molecule has 20 heavy (non-hydrogen) atoms. The van der Waals surface area contributed by atoms with E-state index < -0.39 is 0 Å². The van der Waals surface area contributed by atoms with E-state index in [2.05, 4.69) is 27.3 Å². The number of nitriles is 1. The zero-order chi connectivity index (χ0) is 14.4. The lowest BCUT2D eigenvalue weighted by molar-refractivity contribution is 0.590. The van der Waals surface area contributed by atoms with E-state index in [1.807, 2.05) is 38.1 Å². The molecule has 3 rings (SSSR count). The molecule has 1 N–H and O–H groups in total. The zero-order valence-corrected chi connectivity index (χ0v) is 12.1. The summed E-state index contributed by atoms with van der Waals surface area (Å²) in [4.78, 5) is 6.67. The van der Waals surface area contributed by atoms with Crippen LogP contribution in [0.2, 0.25) is 0 Å². The summed E-state index contributed by atoms with van der Waals surface area (Å²) in [6, 6.07) is 12.0. The van der Waals surface area contributed by atoms with Crippen LogP contribution in [0.1, 0.15) is 19.5 Å². The van der Waals surface area contributed by atoms with Crippen molar-refractivity contribution < 1.29 is 0 Å². The minimum atomic E-state index is 0.488. The topological polar surface area (TPSA) is 52.0 Å². The summed E-state index contributed by atoms with van der Waals surface area (Å²) >= 11 is 0. The average Bonchev–Trinajstić information content (AvgIpc) is 2.56. The molecule has 1 aliphatic rings. The second-order valence-electron chi connectivity index (χ2n) is 4.39. The minimum Gasteiger partial charge on any atom is -0.368 e. The predicted molar refractivity (Wildman–Crippen MR) is 82.9 cm³/mol. The Labute approximate surface area is 120 Å². The van der Waals surface area contributed by atoms with Crippen molar-refractivity contribution in [1.82, 2.24) is 10.3 Å². The third-order valence-corrected chi connectivity index (χ3v) is 3.27. The van der Waals surface area contributed by atoms with Crippen LogP contribution in [0.25, 0.3) is 10.9 Å². The highest BCUT2D eigenvalue weighted by Crippen LogP contribution is 2.26. The molecule has 1 saturated heterocycles. The van der Waals surface area contributed by atoms with E-state index in [1.165, 1.54) is 0 Å². The van der Waals surface area contributed by atoms with Crippen LogP contribution in [0.15, 0.2) is 30.3 Å². The summed E-state index contributed by atoms with van der Waals surface area (Å²) in [7, 11) is 0. The molecule has 0 aliphatic carbocycles. The highest BCUT2D eigenvalue weighted by atomic mass is 15.2. The van der Waals surface area contributed by atoms with E-state index in [9.17, 15) is 0 Å². The van der Waals surface area contributed by atoms with Gasteiger partial charge in [0.2, 0.25) is 0 Å². The van der Waals surface area contributed by atoms with Crippen molar-refractivity contribution in [3.05, 3.63) is 36.0 Å². The molecule has 0 radical (unpaired) electrons. The van der Waals surface area contributed by atoms with Gasteiger partial charge in [-0.3, -0.25) is 0 Å². The highest BCUT2D eigenvalue weighted by molar-refractivity contribution is 5.92. The van der Waals surface area contributed by atoms with Gasteiger partial charge in [-0.25, -0.2) is 4.98 Å². The Morgan fingerprint density at radius 2 is 1.90 bits per heavy atom. The first-order chi connectivity index (χ1) is 9.88. The highest BCUT2D eigenvalue weighted by Gasteiger charge is 2.14. The molecule has 4 nitrogen and oxygen atoms in total. The van der Waals surface area contributed by atoms with Crippen molar-refractivity contribution in [2.45, 2.75) is 13.8 Å². The van der Waals surface area contributed by atoms with Crippen molar-refractivity contribution in [3.63, 3.8) is 0 Å². The molecule has 0 amide bonds. The smallest absolute Gasteiger partial charge is 0.143 e. The fourth-order valence-electron chi connectivity index (χ4n) is 2.38. The normalized spacial score (nSPS) is 14.3. The molecule has 0 spiro atoms. The van der Waals surface area contributed by atoms with Gasteiger partial charge in [-0.2, -0.15) is 5.26 Å². The van der Waals surface area contributed by atoms with E-state index in [0.717, 1.165) is 42.8 Å². The van der Waals surface area contributed by atoms with Gasteiger partial charge in [-0.1, -0.05) is 32.0 Å². The van der Waals surface area contributed by atoms with E-state index >= 15 is 0 Å². The number of fused-ring (bicyclic) bond motifs is 1. The lowest BCUT2D eigenvalue weighted by Gasteiger charge is -2.30. The molecule has 1 aromatic heterocycles. The molecular weight excluding hydrogens is 248 g/mol.